The summed E-state index contributed by atoms with van der Waals surface area (Å²) in [7, 11) is 0. The molecule has 0 unspecified atom stereocenters. The average molecular weight is 335 g/mol. The molecule has 0 saturated heterocycles. The molecule has 0 aliphatic rings. The highest BCUT2D eigenvalue weighted by Gasteiger charge is 2.19. The Balaban J connectivity index is 2.15. The predicted octanol–water partition coefficient (Wildman–Crippen LogP) is 3.59. The Morgan fingerprint density at radius 1 is 1.23 bits per heavy atom. The Bertz CT molecular complexity index is 641. The second-order valence-corrected chi connectivity index (χ2v) is 6.63. The minimum Gasteiger partial charge on any atom is -0.480 e. The molecule has 2 aromatic rings. The largest absolute Gasteiger partial charge is 0.480 e. The van der Waals surface area contributed by atoms with Crippen LogP contribution < -0.4 is 0 Å². The fourth-order valence-corrected chi connectivity index (χ4v) is 3.79. The lowest BCUT2D eigenvalue weighted by Crippen LogP contribution is -2.35. The molecule has 1 amide bonds. The van der Waals surface area contributed by atoms with E-state index in [1.54, 1.807) is 42.2 Å². The summed E-state index contributed by atoms with van der Waals surface area (Å²) < 4.78 is 0. The second-order valence-electron chi connectivity index (χ2n) is 4.58. The SMILES string of the molecule is CCN(CC(=O)O)C(=O)c1ccccc1SCc1cccs1. The van der Waals surface area contributed by atoms with Crippen LogP contribution in [0.3, 0.4) is 0 Å². The Morgan fingerprint density at radius 3 is 2.64 bits per heavy atom. The molecule has 22 heavy (non-hydrogen) atoms. The zero-order valence-electron chi connectivity index (χ0n) is 12.2. The number of carbonyl (C=O) groups excluding carboxylic acids is 1. The van der Waals surface area contributed by atoms with Gasteiger partial charge in [0.1, 0.15) is 6.54 Å². The summed E-state index contributed by atoms with van der Waals surface area (Å²) in [5.41, 5.74) is 0.562. The van der Waals surface area contributed by atoms with Crippen LogP contribution in [0.2, 0.25) is 0 Å². The van der Waals surface area contributed by atoms with Crippen LogP contribution >= 0.6 is 23.1 Å². The molecule has 1 aromatic carbocycles. The van der Waals surface area contributed by atoms with Gasteiger partial charge >= 0.3 is 5.97 Å². The van der Waals surface area contributed by atoms with Crippen molar-refractivity contribution in [3.63, 3.8) is 0 Å². The Kier molecular flexibility index (Phi) is 6.03. The molecular weight excluding hydrogens is 318 g/mol. The van der Waals surface area contributed by atoms with Crippen molar-refractivity contribution in [2.45, 2.75) is 17.6 Å². The third kappa shape index (κ3) is 4.35. The molecule has 4 nitrogen and oxygen atoms in total. The Labute approximate surface area is 137 Å². The van der Waals surface area contributed by atoms with Crippen molar-refractivity contribution < 1.29 is 14.7 Å². The topological polar surface area (TPSA) is 57.6 Å². The van der Waals surface area contributed by atoms with Gasteiger partial charge in [0, 0.05) is 22.1 Å². The maximum atomic E-state index is 12.5. The highest BCUT2D eigenvalue weighted by atomic mass is 32.2. The number of thiophene rings is 1. The van der Waals surface area contributed by atoms with Gasteiger partial charge < -0.3 is 10.0 Å². The second kappa shape index (κ2) is 8.00. The lowest BCUT2D eigenvalue weighted by Gasteiger charge is -2.20. The van der Waals surface area contributed by atoms with Crippen molar-refractivity contribution in [2.24, 2.45) is 0 Å². The molecule has 0 saturated carbocycles. The van der Waals surface area contributed by atoms with Gasteiger partial charge in [-0.25, -0.2) is 0 Å². The van der Waals surface area contributed by atoms with Gasteiger partial charge in [0.2, 0.25) is 0 Å². The lowest BCUT2D eigenvalue weighted by atomic mass is 10.2. The molecular formula is C16H17NO3S2. The van der Waals surface area contributed by atoms with Crippen molar-refractivity contribution >= 4 is 35.0 Å². The summed E-state index contributed by atoms with van der Waals surface area (Å²) in [4.78, 5) is 26.9. The van der Waals surface area contributed by atoms with Crippen LogP contribution in [0.25, 0.3) is 0 Å². The summed E-state index contributed by atoms with van der Waals surface area (Å²) in [6.07, 6.45) is 0. The van der Waals surface area contributed by atoms with E-state index in [1.807, 2.05) is 23.6 Å². The molecule has 0 spiro atoms. The van der Waals surface area contributed by atoms with Crippen LogP contribution in [-0.4, -0.2) is 35.0 Å². The lowest BCUT2D eigenvalue weighted by molar-refractivity contribution is -0.137. The van der Waals surface area contributed by atoms with Crippen molar-refractivity contribution in [1.29, 1.82) is 0 Å². The molecule has 1 aromatic heterocycles. The number of hydrogen-bond donors (Lipinski definition) is 1. The van der Waals surface area contributed by atoms with Crippen LogP contribution in [-0.2, 0) is 10.5 Å². The number of thioether (sulfide) groups is 1. The molecule has 2 rings (SSSR count). The number of rotatable bonds is 7. The number of hydrogen-bond acceptors (Lipinski definition) is 4. The van der Waals surface area contributed by atoms with Crippen LogP contribution in [0.1, 0.15) is 22.2 Å². The van der Waals surface area contributed by atoms with Crippen LogP contribution in [0.4, 0.5) is 0 Å². The molecule has 1 heterocycles. The van der Waals surface area contributed by atoms with E-state index in [4.69, 9.17) is 5.11 Å². The van der Waals surface area contributed by atoms with Gasteiger partial charge in [-0.05, 0) is 30.5 Å². The molecule has 0 atom stereocenters. The van der Waals surface area contributed by atoms with Gasteiger partial charge in [0.15, 0.2) is 0 Å². The molecule has 116 valence electrons. The summed E-state index contributed by atoms with van der Waals surface area (Å²) >= 11 is 3.28. The summed E-state index contributed by atoms with van der Waals surface area (Å²) in [6.45, 7) is 1.87. The van der Waals surface area contributed by atoms with Gasteiger partial charge in [0.05, 0.1) is 5.56 Å². The fraction of sp³-hybridized carbons (Fsp3) is 0.250. The van der Waals surface area contributed by atoms with Gasteiger partial charge in [0.25, 0.3) is 5.91 Å². The highest BCUT2D eigenvalue weighted by molar-refractivity contribution is 7.98. The number of nitrogens with zero attached hydrogens (tertiary/aromatic N) is 1. The van der Waals surface area contributed by atoms with Crippen LogP contribution in [0.5, 0.6) is 0 Å². The smallest absolute Gasteiger partial charge is 0.323 e. The van der Waals surface area contributed by atoms with Crippen molar-refractivity contribution in [3.05, 3.63) is 52.2 Å². The van der Waals surface area contributed by atoms with E-state index >= 15 is 0 Å². The van der Waals surface area contributed by atoms with E-state index in [2.05, 4.69) is 6.07 Å². The maximum Gasteiger partial charge on any atom is 0.323 e. The first-order valence-electron chi connectivity index (χ1n) is 6.87. The molecule has 1 N–H and O–H groups in total. The molecule has 0 bridgehead atoms. The average Bonchev–Trinajstić information content (AvgIpc) is 3.03. The van der Waals surface area contributed by atoms with Crippen molar-refractivity contribution in [3.8, 4) is 0 Å². The highest BCUT2D eigenvalue weighted by Crippen LogP contribution is 2.28. The van der Waals surface area contributed by atoms with Gasteiger partial charge in [-0.1, -0.05) is 18.2 Å². The van der Waals surface area contributed by atoms with Crippen molar-refractivity contribution in [1.82, 2.24) is 4.90 Å². The summed E-state index contributed by atoms with van der Waals surface area (Å²) in [5.74, 6) is -0.439. The standard InChI is InChI=1S/C16H17NO3S2/c1-2-17(10-15(18)19)16(20)13-7-3-4-8-14(13)22-11-12-6-5-9-21-12/h3-9H,2,10-11H2,1H3,(H,18,19). The van der Waals surface area contributed by atoms with E-state index < -0.39 is 5.97 Å². The first kappa shape index (κ1) is 16.6. The van der Waals surface area contributed by atoms with Crippen molar-refractivity contribution in [2.75, 3.05) is 13.1 Å². The molecule has 0 fully saturated rings. The number of aliphatic carboxylic acids is 1. The number of carboxylic acid groups (broad SMARTS) is 1. The monoisotopic (exact) mass is 335 g/mol. The molecule has 0 aliphatic heterocycles. The van der Waals surface area contributed by atoms with E-state index in [1.165, 1.54) is 9.78 Å². The summed E-state index contributed by atoms with van der Waals surface area (Å²) in [5, 5.41) is 10.9. The minimum absolute atomic E-state index is 0.237. The molecule has 0 aliphatic carbocycles. The van der Waals surface area contributed by atoms with E-state index in [-0.39, 0.29) is 12.5 Å². The molecule has 6 heteroatoms. The third-order valence-electron chi connectivity index (χ3n) is 3.06. The Morgan fingerprint density at radius 2 is 2.00 bits per heavy atom. The van der Waals surface area contributed by atoms with E-state index in [0.29, 0.717) is 12.1 Å². The number of benzene rings is 1. The Hall–Kier alpha value is -1.79. The third-order valence-corrected chi connectivity index (χ3v) is 5.24. The fourth-order valence-electron chi connectivity index (χ4n) is 1.97. The van der Waals surface area contributed by atoms with Gasteiger partial charge in [-0.15, -0.1) is 23.1 Å². The van der Waals surface area contributed by atoms with E-state index in [0.717, 1.165) is 10.6 Å². The number of carbonyl (C=O) groups is 2. The minimum atomic E-state index is -1.00. The maximum absolute atomic E-state index is 12.5. The van der Waals surface area contributed by atoms with E-state index in [9.17, 15) is 9.59 Å². The number of likely N-dealkylation sites (N-methyl/N-ethyl adjacent to an activating group) is 1. The van der Waals surface area contributed by atoms with Crippen LogP contribution in [0.15, 0.2) is 46.7 Å². The predicted molar refractivity (Wildman–Crippen MR) is 89.5 cm³/mol. The quantitative estimate of drug-likeness (QED) is 0.786. The molecule has 0 radical (unpaired) electrons. The zero-order chi connectivity index (χ0) is 15.9. The van der Waals surface area contributed by atoms with Gasteiger partial charge in [-0.2, -0.15) is 0 Å². The van der Waals surface area contributed by atoms with Crippen LogP contribution in [0, 0.1) is 0 Å². The number of amides is 1. The van der Waals surface area contributed by atoms with Gasteiger partial charge in [-0.3, -0.25) is 9.59 Å². The number of carboxylic acids is 1. The first-order chi connectivity index (χ1) is 10.6. The normalized spacial score (nSPS) is 10.4. The summed E-state index contributed by atoms with van der Waals surface area (Å²) in [6, 6.07) is 11.4. The first-order valence-corrected chi connectivity index (χ1v) is 8.73. The zero-order valence-corrected chi connectivity index (χ0v) is 13.8.